The van der Waals surface area contributed by atoms with Gasteiger partial charge in [0.1, 0.15) is 0 Å². The molecular formula is C18H21Cl2N. The van der Waals surface area contributed by atoms with E-state index in [4.69, 9.17) is 23.2 Å². The third-order valence-electron chi connectivity index (χ3n) is 3.76. The summed E-state index contributed by atoms with van der Waals surface area (Å²) in [5, 5.41) is 5.12. The minimum absolute atomic E-state index is 0.222. The normalized spacial score (nSPS) is 13.9. The first-order valence-electron chi connectivity index (χ1n) is 7.41. The number of hydrogen-bond acceptors (Lipinski definition) is 1. The molecule has 1 nitrogen and oxygen atoms in total. The van der Waals surface area contributed by atoms with E-state index < -0.39 is 0 Å². The van der Waals surface area contributed by atoms with E-state index in [1.54, 1.807) is 0 Å². The van der Waals surface area contributed by atoms with E-state index in [-0.39, 0.29) is 6.04 Å². The van der Waals surface area contributed by atoms with Gasteiger partial charge in [-0.25, -0.2) is 0 Å². The van der Waals surface area contributed by atoms with E-state index >= 15 is 0 Å². The quantitative estimate of drug-likeness (QED) is 0.669. The molecule has 112 valence electrons. The molecule has 0 aliphatic rings. The molecule has 0 radical (unpaired) electrons. The maximum Gasteiger partial charge on any atom is 0.0468 e. The predicted octanol–water partition coefficient (Wildman–Crippen LogP) is 6.19. The van der Waals surface area contributed by atoms with Crippen LogP contribution in [0.1, 0.15) is 49.9 Å². The second-order valence-electron chi connectivity index (χ2n) is 5.16. The van der Waals surface area contributed by atoms with Gasteiger partial charge in [0.25, 0.3) is 0 Å². The highest BCUT2D eigenvalue weighted by Crippen LogP contribution is 2.30. The second kappa shape index (κ2) is 7.84. The smallest absolute Gasteiger partial charge is 0.0468 e. The van der Waals surface area contributed by atoms with Crippen molar-refractivity contribution in [3.8, 4) is 0 Å². The molecule has 0 aliphatic carbocycles. The van der Waals surface area contributed by atoms with Crippen LogP contribution < -0.4 is 5.32 Å². The van der Waals surface area contributed by atoms with Crippen molar-refractivity contribution in [2.75, 3.05) is 0 Å². The molecule has 0 bridgehead atoms. The summed E-state index contributed by atoms with van der Waals surface area (Å²) >= 11 is 12.3. The van der Waals surface area contributed by atoms with Gasteiger partial charge in [0.15, 0.2) is 0 Å². The zero-order valence-electron chi connectivity index (χ0n) is 12.4. The molecule has 2 atom stereocenters. The Morgan fingerprint density at radius 1 is 0.905 bits per heavy atom. The molecule has 2 aromatic carbocycles. The van der Waals surface area contributed by atoms with Crippen molar-refractivity contribution >= 4 is 23.2 Å². The summed E-state index contributed by atoms with van der Waals surface area (Å²) < 4.78 is 0. The van der Waals surface area contributed by atoms with Gasteiger partial charge in [0.05, 0.1) is 0 Å². The van der Waals surface area contributed by atoms with E-state index in [1.165, 1.54) is 5.56 Å². The summed E-state index contributed by atoms with van der Waals surface area (Å²) in [5.41, 5.74) is 2.42. The van der Waals surface area contributed by atoms with Crippen LogP contribution in [0.3, 0.4) is 0 Å². The summed E-state index contributed by atoms with van der Waals surface area (Å²) in [6.07, 6.45) is 2.01. The second-order valence-corrected chi connectivity index (χ2v) is 6.01. The largest absolute Gasteiger partial charge is 0.303 e. The van der Waals surface area contributed by atoms with E-state index in [9.17, 15) is 0 Å². The molecule has 0 heterocycles. The van der Waals surface area contributed by atoms with E-state index in [1.807, 2.05) is 24.3 Å². The molecule has 0 amide bonds. The first-order chi connectivity index (χ1) is 10.2. The van der Waals surface area contributed by atoms with Crippen molar-refractivity contribution in [2.24, 2.45) is 0 Å². The maximum atomic E-state index is 6.35. The molecule has 3 heteroatoms. The van der Waals surface area contributed by atoms with Crippen LogP contribution in [-0.4, -0.2) is 0 Å². The van der Waals surface area contributed by atoms with Crippen LogP contribution in [0.15, 0.2) is 48.5 Å². The molecule has 2 unspecified atom stereocenters. The van der Waals surface area contributed by atoms with Crippen molar-refractivity contribution in [1.29, 1.82) is 0 Å². The summed E-state index contributed by atoms with van der Waals surface area (Å²) in [4.78, 5) is 0. The molecule has 2 aromatic rings. The van der Waals surface area contributed by atoms with Gasteiger partial charge in [0, 0.05) is 22.1 Å². The van der Waals surface area contributed by atoms with Crippen LogP contribution in [0, 0.1) is 0 Å². The number of halogens is 2. The van der Waals surface area contributed by atoms with Crippen LogP contribution in [-0.2, 0) is 0 Å². The van der Waals surface area contributed by atoms with Crippen molar-refractivity contribution in [2.45, 2.75) is 38.8 Å². The van der Waals surface area contributed by atoms with Crippen LogP contribution in [0.25, 0.3) is 0 Å². The van der Waals surface area contributed by atoms with Gasteiger partial charge in [-0.3, -0.25) is 0 Å². The highest BCUT2D eigenvalue weighted by Gasteiger charge is 2.18. The van der Waals surface area contributed by atoms with Gasteiger partial charge < -0.3 is 5.32 Å². The molecule has 0 saturated carbocycles. The van der Waals surface area contributed by atoms with Crippen molar-refractivity contribution in [3.63, 3.8) is 0 Å². The fourth-order valence-electron chi connectivity index (χ4n) is 2.59. The Morgan fingerprint density at radius 2 is 1.57 bits per heavy atom. The minimum Gasteiger partial charge on any atom is -0.303 e. The van der Waals surface area contributed by atoms with Gasteiger partial charge in [0.2, 0.25) is 0 Å². The van der Waals surface area contributed by atoms with Crippen LogP contribution in [0.2, 0.25) is 10.0 Å². The zero-order chi connectivity index (χ0) is 15.2. The average Bonchev–Trinajstić information content (AvgIpc) is 2.50. The van der Waals surface area contributed by atoms with Gasteiger partial charge in [-0.1, -0.05) is 73.4 Å². The average molecular weight is 322 g/mol. The summed E-state index contributed by atoms with van der Waals surface area (Å²) in [6, 6.07) is 16.8. The number of rotatable bonds is 6. The van der Waals surface area contributed by atoms with E-state index in [2.05, 4.69) is 43.4 Å². The standard InChI is InChI=1S/C18H21Cl2N/c1-3-17(13-8-6-5-7-9-13)21-18(4-2)15-11-10-14(19)12-16(15)20/h5-12,17-18,21H,3-4H2,1-2H3. The van der Waals surface area contributed by atoms with Gasteiger partial charge in [-0.2, -0.15) is 0 Å². The number of nitrogens with one attached hydrogen (secondary N) is 1. The first-order valence-corrected chi connectivity index (χ1v) is 8.17. The first kappa shape index (κ1) is 16.4. The summed E-state index contributed by atoms with van der Waals surface area (Å²) in [6.45, 7) is 4.36. The highest BCUT2D eigenvalue weighted by molar-refractivity contribution is 6.35. The van der Waals surface area contributed by atoms with Gasteiger partial charge in [-0.15, -0.1) is 0 Å². The molecular weight excluding hydrogens is 301 g/mol. The molecule has 1 N–H and O–H groups in total. The van der Waals surface area contributed by atoms with Crippen LogP contribution in [0.5, 0.6) is 0 Å². The SMILES string of the molecule is CCC(NC(CC)c1ccc(Cl)cc1Cl)c1ccccc1. The predicted molar refractivity (Wildman–Crippen MR) is 92.1 cm³/mol. The monoisotopic (exact) mass is 321 g/mol. The Kier molecular flexibility index (Phi) is 6.10. The third kappa shape index (κ3) is 4.23. The number of hydrogen-bond donors (Lipinski definition) is 1. The Balaban J connectivity index is 2.21. The Hall–Kier alpha value is -1.02. The minimum atomic E-state index is 0.222. The molecule has 2 rings (SSSR count). The lowest BCUT2D eigenvalue weighted by molar-refractivity contribution is 0.426. The summed E-state index contributed by atoms with van der Waals surface area (Å²) in [5.74, 6) is 0. The maximum absolute atomic E-state index is 6.35. The molecule has 0 aliphatic heterocycles. The van der Waals surface area contributed by atoms with Crippen molar-refractivity contribution < 1.29 is 0 Å². The van der Waals surface area contributed by atoms with Crippen molar-refractivity contribution in [1.82, 2.24) is 5.32 Å². The lowest BCUT2D eigenvalue weighted by atomic mass is 9.99. The topological polar surface area (TPSA) is 12.0 Å². The number of benzene rings is 2. The van der Waals surface area contributed by atoms with Crippen LogP contribution in [0.4, 0.5) is 0 Å². The molecule has 0 fully saturated rings. The third-order valence-corrected chi connectivity index (χ3v) is 4.32. The Bertz CT molecular complexity index is 569. The zero-order valence-corrected chi connectivity index (χ0v) is 14.0. The lowest BCUT2D eigenvalue weighted by Gasteiger charge is -2.26. The summed E-state index contributed by atoms with van der Waals surface area (Å²) in [7, 11) is 0. The van der Waals surface area contributed by atoms with Crippen molar-refractivity contribution in [3.05, 3.63) is 69.7 Å². The van der Waals surface area contributed by atoms with Crippen LogP contribution >= 0.6 is 23.2 Å². The fourth-order valence-corrected chi connectivity index (χ4v) is 3.13. The molecule has 0 saturated heterocycles. The Labute approximate surface area is 137 Å². The van der Waals surface area contributed by atoms with Gasteiger partial charge >= 0.3 is 0 Å². The van der Waals surface area contributed by atoms with E-state index in [0.29, 0.717) is 11.1 Å². The molecule has 21 heavy (non-hydrogen) atoms. The van der Waals surface area contributed by atoms with E-state index in [0.717, 1.165) is 23.4 Å². The van der Waals surface area contributed by atoms with Gasteiger partial charge in [-0.05, 0) is 36.1 Å². The molecule has 0 spiro atoms. The highest BCUT2D eigenvalue weighted by atomic mass is 35.5. The lowest BCUT2D eigenvalue weighted by Crippen LogP contribution is -2.26. The Morgan fingerprint density at radius 3 is 2.14 bits per heavy atom. The molecule has 0 aromatic heterocycles. The fraction of sp³-hybridized carbons (Fsp3) is 0.333.